The Bertz CT molecular complexity index is 1320. The summed E-state index contributed by atoms with van der Waals surface area (Å²) in [6, 6.07) is 3.52. The van der Waals surface area contributed by atoms with Gasteiger partial charge in [-0.2, -0.15) is 13.2 Å². The Kier molecular flexibility index (Phi) is 7.32. The van der Waals surface area contributed by atoms with Crippen molar-refractivity contribution in [3.05, 3.63) is 59.6 Å². The van der Waals surface area contributed by atoms with Crippen molar-refractivity contribution in [2.75, 3.05) is 0 Å². The number of amides is 1. The molecule has 1 amide bonds. The molecule has 2 unspecified atom stereocenters. The molecule has 2 N–H and O–H groups in total. The van der Waals surface area contributed by atoms with Gasteiger partial charge in [0.2, 0.25) is 5.91 Å². The molecule has 2 aliphatic rings. The van der Waals surface area contributed by atoms with Crippen LogP contribution in [0.25, 0.3) is 11.3 Å². The van der Waals surface area contributed by atoms with E-state index in [4.69, 9.17) is 9.90 Å². The molecule has 0 spiro atoms. The Balaban J connectivity index is 0.000000405. The van der Waals surface area contributed by atoms with E-state index in [1.165, 1.54) is 12.1 Å². The number of nitrogens with zero attached hydrogens (tertiary/aromatic N) is 4. The quantitative estimate of drug-likeness (QED) is 0.509. The standard InChI is InChI=1S/C22H23F2N5O.C2HF3O2/c1-13-9-28-10-14(2-6-20(28)25-13)22(30)26-16-4-7-21-27-19(12-29(21)11-16)17-5-3-15(23)8-18(17)24;3-2(4,5)1(6)7/h3,5,8-9,12,14,16H,2,4,6-7,10-11H2,1H3,(H,26,30);(H,6,7). The second kappa shape index (κ2) is 10.3. The molecule has 0 bridgehead atoms. The molecule has 0 radical (unpaired) electrons. The van der Waals surface area contributed by atoms with Gasteiger partial charge >= 0.3 is 12.1 Å². The van der Waals surface area contributed by atoms with Crippen LogP contribution in [0, 0.1) is 24.5 Å². The molecule has 0 saturated carbocycles. The van der Waals surface area contributed by atoms with Gasteiger partial charge in [0.25, 0.3) is 0 Å². The lowest BCUT2D eigenvalue weighted by Gasteiger charge is -2.28. The van der Waals surface area contributed by atoms with E-state index in [9.17, 15) is 26.7 Å². The third-order valence-corrected chi connectivity index (χ3v) is 6.27. The van der Waals surface area contributed by atoms with Crippen LogP contribution in [0.2, 0.25) is 0 Å². The molecule has 2 aromatic heterocycles. The van der Waals surface area contributed by atoms with Crippen LogP contribution in [0.15, 0.2) is 30.6 Å². The molecule has 2 atom stereocenters. The van der Waals surface area contributed by atoms with Crippen LogP contribution in [0.3, 0.4) is 0 Å². The molecule has 0 fully saturated rings. The molecule has 37 heavy (non-hydrogen) atoms. The van der Waals surface area contributed by atoms with Gasteiger partial charge in [0, 0.05) is 56.0 Å². The van der Waals surface area contributed by atoms with Crippen LogP contribution in [0.1, 0.15) is 30.2 Å². The van der Waals surface area contributed by atoms with E-state index in [0.717, 1.165) is 42.7 Å². The third-order valence-electron chi connectivity index (χ3n) is 6.27. The summed E-state index contributed by atoms with van der Waals surface area (Å²) < 4.78 is 63.1. The number of fused-ring (bicyclic) bond motifs is 2. The van der Waals surface area contributed by atoms with Crippen LogP contribution < -0.4 is 5.32 Å². The molecule has 5 rings (SSSR count). The Morgan fingerprint density at radius 1 is 1.03 bits per heavy atom. The van der Waals surface area contributed by atoms with E-state index in [1.54, 1.807) is 6.20 Å². The zero-order valence-electron chi connectivity index (χ0n) is 19.7. The summed E-state index contributed by atoms with van der Waals surface area (Å²) in [6.45, 7) is 3.23. The third kappa shape index (κ3) is 6.15. The van der Waals surface area contributed by atoms with E-state index < -0.39 is 23.8 Å². The van der Waals surface area contributed by atoms with Gasteiger partial charge in [0.05, 0.1) is 17.3 Å². The first-order valence-electron chi connectivity index (χ1n) is 11.6. The number of rotatable bonds is 3. The number of carbonyl (C=O) groups excluding carboxylic acids is 1. The largest absolute Gasteiger partial charge is 0.490 e. The fourth-order valence-electron chi connectivity index (χ4n) is 4.51. The summed E-state index contributed by atoms with van der Waals surface area (Å²) in [7, 11) is 0. The van der Waals surface area contributed by atoms with Gasteiger partial charge in [-0.15, -0.1) is 0 Å². The number of hydrogen-bond donors (Lipinski definition) is 2. The van der Waals surface area contributed by atoms with Crippen LogP contribution in [0.5, 0.6) is 0 Å². The summed E-state index contributed by atoms with van der Waals surface area (Å²) in [5.41, 5.74) is 1.76. The zero-order chi connectivity index (χ0) is 26.9. The number of nitrogens with one attached hydrogen (secondary N) is 1. The highest BCUT2D eigenvalue weighted by Gasteiger charge is 2.38. The highest BCUT2D eigenvalue weighted by molar-refractivity contribution is 5.79. The van der Waals surface area contributed by atoms with Crippen molar-refractivity contribution in [2.24, 2.45) is 5.92 Å². The second-order valence-corrected chi connectivity index (χ2v) is 9.05. The van der Waals surface area contributed by atoms with E-state index >= 15 is 0 Å². The molecule has 3 aromatic rings. The Morgan fingerprint density at radius 3 is 2.35 bits per heavy atom. The van der Waals surface area contributed by atoms with Gasteiger partial charge in [0.15, 0.2) is 0 Å². The number of hydrogen-bond acceptors (Lipinski definition) is 4. The van der Waals surface area contributed by atoms with E-state index in [2.05, 4.69) is 19.9 Å². The number of halogens is 5. The zero-order valence-corrected chi connectivity index (χ0v) is 19.7. The molecule has 2 aliphatic heterocycles. The number of carboxylic acids is 1. The summed E-state index contributed by atoms with van der Waals surface area (Å²) in [4.78, 5) is 30.8. The van der Waals surface area contributed by atoms with Crippen LogP contribution in [0.4, 0.5) is 22.0 Å². The SMILES string of the molecule is Cc1cn2c(n1)CCC(C(=O)NC1CCc3nc(-c4ccc(F)cc4F)cn3C1)C2.O=C(O)C(F)(F)F. The van der Waals surface area contributed by atoms with Crippen molar-refractivity contribution in [1.29, 1.82) is 0 Å². The first-order valence-corrected chi connectivity index (χ1v) is 11.6. The minimum Gasteiger partial charge on any atom is -0.475 e. The van der Waals surface area contributed by atoms with Gasteiger partial charge < -0.3 is 19.6 Å². The molecule has 198 valence electrons. The van der Waals surface area contributed by atoms with Crippen molar-refractivity contribution in [1.82, 2.24) is 24.4 Å². The van der Waals surface area contributed by atoms with Crippen LogP contribution in [-0.2, 0) is 35.5 Å². The summed E-state index contributed by atoms with van der Waals surface area (Å²) >= 11 is 0. The highest BCUT2D eigenvalue weighted by Crippen LogP contribution is 2.26. The number of aliphatic carboxylic acids is 1. The number of imidazole rings is 2. The van der Waals surface area contributed by atoms with Gasteiger partial charge in [-0.05, 0) is 31.9 Å². The smallest absolute Gasteiger partial charge is 0.475 e. The fraction of sp³-hybridized carbons (Fsp3) is 0.417. The predicted octanol–water partition coefficient (Wildman–Crippen LogP) is 3.66. The van der Waals surface area contributed by atoms with E-state index in [-0.39, 0.29) is 23.4 Å². The first kappa shape index (κ1) is 26.3. The van der Waals surface area contributed by atoms with Crippen LogP contribution >= 0.6 is 0 Å². The summed E-state index contributed by atoms with van der Waals surface area (Å²) in [6.07, 6.45) is 1.81. The number of benzene rings is 1. The molecule has 13 heteroatoms. The average molecular weight is 525 g/mol. The maximum absolute atomic E-state index is 14.1. The van der Waals surface area contributed by atoms with Crippen molar-refractivity contribution in [2.45, 2.75) is 57.9 Å². The molecular formula is C24H24F5N5O3. The highest BCUT2D eigenvalue weighted by atomic mass is 19.4. The van der Waals surface area contributed by atoms with Crippen molar-refractivity contribution in [3.8, 4) is 11.3 Å². The molecule has 0 aliphatic carbocycles. The van der Waals surface area contributed by atoms with Gasteiger partial charge in [-0.25, -0.2) is 23.5 Å². The molecule has 4 heterocycles. The summed E-state index contributed by atoms with van der Waals surface area (Å²) in [5, 5.41) is 10.3. The minimum absolute atomic E-state index is 0.0102. The average Bonchev–Trinajstić information content (AvgIpc) is 3.40. The Morgan fingerprint density at radius 2 is 1.68 bits per heavy atom. The lowest BCUT2D eigenvalue weighted by molar-refractivity contribution is -0.192. The fourth-order valence-corrected chi connectivity index (χ4v) is 4.51. The van der Waals surface area contributed by atoms with Gasteiger partial charge in [-0.1, -0.05) is 0 Å². The molecule has 0 saturated heterocycles. The Labute approximate surface area is 208 Å². The molecule has 1 aromatic carbocycles. The predicted molar refractivity (Wildman–Crippen MR) is 120 cm³/mol. The lowest BCUT2D eigenvalue weighted by atomic mass is 9.97. The van der Waals surface area contributed by atoms with E-state index in [0.29, 0.717) is 25.2 Å². The Hall–Kier alpha value is -3.77. The maximum Gasteiger partial charge on any atom is 0.490 e. The van der Waals surface area contributed by atoms with E-state index in [1.807, 2.05) is 17.7 Å². The maximum atomic E-state index is 14.1. The number of carboxylic acid groups (broad SMARTS) is 1. The normalized spacial score (nSPS) is 18.8. The summed E-state index contributed by atoms with van der Waals surface area (Å²) in [5.74, 6) is -2.06. The van der Waals surface area contributed by atoms with Crippen LogP contribution in [-0.4, -0.2) is 48.3 Å². The second-order valence-electron chi connectivity index (χ2n) is 9.05. The number of aromatic nitrogens is 4. The molecule has 8 nitrogen and oxygen atoms in total. The van der Waals surface area contributed by atoms with Gasteiger partial charge in [-0.3, -0.25) is 4.79 Å². The first-order chi connectivity index (χ1) is 17.4. The van der Waals surface area contributed by atoms with Gasteiger partial charge in [0.1, 0.15) is 23.3 Å². The van der Waals surface area contributed by atoms with Crippen molar-refractivity contribution >= 4 is 11.9 Å². The monoisotopic (exact) mass is 525 g/mol. The topological polar surface area (TPSA) is 102 Å². The lowest BCUT2D eigenvalue weighted by Crippen LogP contribution is -2.45. The number of aryl methyl sites for hydroxylation is 3. The van der Waals surface area contributed by atoms with Crippen molar-refractivity contribution < 1.29 is 36.6 Å². The molecular weight excluding hydrogens is 501 g/mol. The number of alkyl halides is 3. The minimum atomic E-state index is -5.08. The van der Waals surface area contributed by atoms with Crippen molar-refractivity contribution in [3.63, 3.8) is 0 Å². The number of carbonyl (C=O) groups is 2.